The molecular weight excluding hydrogens is 262 g/mol. The average molecular weight is 287 g/mol. The van der Waals surface area contributed by atoms with Gasteiger partial charge in [0.25, 0.3) is 0 Å². The summed E-state index contributed by atoms with van der Waals surface area (Å²) < 4.78 is 0. The summed E-state index contributed by atoms with van der Waals surface area (Å²) in [6, 6.07) is 14.7. The van der Waals surface area contributed by atoms with Gasteiger partial charge in [-0.2, -0.15) is 0 Å². The third kappa shape index (κ3) is 3.62. The Morgan fingerprint density at radius 2 is 1.76 bits per heavy atom. The Hall–Kier alpha value is -1.42. The lowest BCUT2D eigenvalue weighted by molar-refractivity contribution is 0.00743. The van der Waals surface area contributed by atoms with Crippen molar-refractivity contribution in [2.75, 3.05) is 13.2 Å². The van der Waals surface area contributed by atoms with Gasteiger partial charge < -0.3 is 15.5 Å². The summed E-state index contributed by atoms with van der Waals surface area (Å²) in [7, 11) is 0. The molecule has 3 N–H and O–H groups in total. The molecule has 0 saturated carbocycles. The fraction of sp³-hybridized carbons (Fsp3) is 0.444. The normalized spacial score (nSPS) is 15.1. The highest BCUT2D eigenvalue weighted by Crippen LogP contribution is 2.25. The Balaban J connectivity index is 2.11. The Morgan fingerprint density at radius 1 is 1.10 bits per heavy atom. The van der Waals surface area contributed by atoms with Crippen molar-refractivity contribution in [2.24, 2.45) is 5.41 Å². The summed E-state index contributed by atoms with van der Waals surface area (Å²) in [6.07, 6.45) is -0.583. The van der Waals surface area contributed by atoms with Crippen molar-refractivity contribution in [1.82, 2.24) is 5.32 Å². The van der Waals surface area contributed by atoms with Crippen LogP contribution >= 0.6 is 0 Å². The first-order valence-electron chi connectivity index (χ1n) is 7.45. The molecule has 0 radical (unpaired) electrons. The second-order valence-corrected chi connectivity index (χ2v) is 6.36. The molecule has 0 aliphatic carbocycles. The quantitative estimate of drug-likeness (QED) is 0.766. The van der Waals surface area contributed by atoms with Crippen molar-refractivity contribution >= 4 is 10.8 Å². The fourth-order valence-corrected chi connectivity index (χ4v) is 2.41. The summed E-state index contributed by atoms with van der Waals surface area (Å²) in [5.74, 6) is 0. The zero-order valence-electron chi connectivity index (χ0n) is 13.0. The molecule has 21 heavy (non-hydrogen) atoms. The van der Waals surface area contributed by atoms with Crippen LogP contribution in [-0.2, 0) is 0 Å². The molecule has 2 aromatic carbocycles. The summed E-state index contributed by atoms with van der Waals surface area (Å²) >= 11 is 0. The number of aliphatic hydroxyl groups excluding tert-OH is 2. The summed E-state index contributed by atoms with van der Waals surface area (Å²) in [4.78, 5) is 0. The molecule has 0 amide bonds. The third-order valence-electron chi connectivity index (χ3n) is 4.22. The van der Waals surface area contributed by atoms with Crippen LogP contribution in [0.25, 0.3) is 10.8 Å². The van der Waals surface area contributed by atoms with Crippen LogP contribution in [0.15, 0.2) is 42.5 Å². The lowest BCUT2D eigenvalue weighted by Crippen LogP contribution is -2.41. The number of hydrogen-bond acceptors (Lipinski definition) is 3. The predicted molar refractivity (Wildman–Crippen MR) is 87.2 cm³/mol. The van der Waals surface area contributed by atoms with Crippen LogP contribution in [0, 0.1) is 5.41 Å². The minimum atomic E-state index is -0.583. The molecule has 0 saturated heterocycles. The second kappa shape index (κ2) is 6.56. The minimum absolute atomic E-state index is 0.0293. The van der Waals surface area contributed by atoms with Gasteiger partial charge in [-0.3, -0.25) is 0 Å². The van der Waals surface area contributed by atoms with Gasteiger partial charge in [0.15, 0.2) is 0 Å². The lowest BCUT2D eigenvalue weighted by atomic mass is 9.87. The van der Waals surface area contributed by atoms with Gasteiger partial charge in [-0.05, 0) is 23.3 Å². The van der Waals surface area contributed by atoms with Crippen molar-refractivity contribution in [3.8, 4) is 0 Å². The van der Waals surface area contributed by atoms with Crippen LogP contribution in [0.5, 0.6) is 0 Å². The van der Waals surface area contributed by atoms with Gasteiger partial charge in [-0.1, -0.05) is 56.3 Å². The summed E-state index contributed by atoms with van der Waals surface area (Å²) in [6.45, 7) is 6.25. The number of rotatable bonds is 6. The van der Waals surface area contributed by atoms with E-state index in [2.05, 4.69) is 42.6 Å². The fourth-order valence-electron chi connectivity index (χ4n) is 2.41. The van der Waals surface area contributed by atoms with Crippen molar-refractivity contribution < 1.29 is 10.2 Å². The van der Waals surface area contributed by atoms with E-state index in [9.17, 15) is 10.2 Å². The van der Waals surface area contributed by atoms with Crippen molar-refractivity contribution in [1.29, 1.82) is 0 Å². The molecule has 114 valence electrons. The Labute approximate surface area is 126 Å². The molecule has 0 heterocycles. The molecule has 0 spiro atoms. The zero-order chi connectivity index (χ0) is 15.5. The number of nitrogens with one attached hydrogen (secondary N) is 1. The maximum atomic E-state index is 10.2. The first kappa shape index (κ1) is 16.0. The summed E-state index contributed by atoms with van der Waals surface area (Å²) in [5, 5.41) is 25.3. The predicted octanol–water partition coefficient (Wildman–Crippen LogP) is 2.87. The molecule has 3 heteroatoms. The molecule has 0 aliphatic heterocycles. The van der Waals surface area contributed by atoms with E-state index in [4.69, 9.17) is 0 Å². The van der Waals surface area contributed by atoms with Crippen LogP contribution in [-0.4, -0.2) is 29.5 Å². The second-order valence-electron chi connectivity index (χ2n) is 6.36. The molecule has 2 atom stereocenters. The van der Waals surface area contributed by atoms with E-state index in [0.29, 0.717) is 6.54 Å². The maximum absolute atomic E-state index is 10.2. The topological polar surface area (TPSA) is 52.5 Å². The minimum Gasteiger partial charge on any atom is -0.396 e. The third-order valence-corrected chi connectivity index (χ3v) is 4.22. The standard InChI is InChI=1S/C18H25NO2/c1-13(19-11-17(21)18(2,3)12-20)15-10-6-8-14-7-4-5-9-16(14)15/h4-10,13,17,19-21H,11-12H2,1-3H3/t13-,17+/m1/s1. The smallest absolute Gasteiger partial charge is 0.0737 e. The van der Waals surface area contributed by atoms with Gasteiger partial charge in [-0.15, -0.1) is 0 Å². The lowest BCUT2D eigenvalue weighted by Gasteiger charge is -2.29. The summed E-state index contributed by atoms with van der Waals surface area (Å²) in [5.41, 5.74) is 0.730. The monoisotopic (exact) mass is 287 g/mol. The first-order chi connectivity index (χ1) is 9.95. The van der Waals surface area contributed by atoms with E-state index in [0.717, 1.165) is 0 Å². The molecule has 0 aromatic heterocycles. The maximum Gasteiger partial charge on any atom is 0.0737 e. The number of fused-ring (bicyclic) bond motifs is 1. The number of benzene rings is 2. The molecule has 0 aliphatic rings. The van der Waals surface area contributed by atoms with Gasteiger partial charge in [0.1, 0.15) is 0 Å². The SMILES string of the molecule is C[C@@H](NC[C@H](O)C(C)(C)CO)c1cccc2ccccc12. The van der Waals surface area contributed by atoms with Gasteiger partial charge in [0.2, 0.25) is 0 Å². The highest BCUT2D eigenvalue weighted by molar-refractivity contribution is 5.86. The number of hydrogen-bond donors (Lipinski definition) is 3. The highest BCUT2D eigenvalue weighted by atomic mass is 16.3. The zero-order valence-corrected chi connectivity index (χ0v) is 13.0. The van der Waals surface area contributed by atoms with E-state index in [1.54, 1.807) is 0 Å². The van der Waals surface area contributed by atoms with Crippen LogP contribution in [0.4, 0.5) is 0 Å². The van der Waals surface area contributed by atoms with E-state index in [1.807, 2.05) is 26.0 Å². The van der Waals surface area contributed by atoms with Crippen LogP contribution < -0.4 is 5.32 Å². The van der Waals surface area contributed by atoms with Crippen LogP contribution in [0.2, 0.25) is 0 Å². The van der Waals surface area contributed by atoms with Crippen molar-refractivity contribution in [3.05, 3.63) is 48.0 Å². The van der Waals surface area contributed by atoms with Crippen molar-refractivity contribution in [3.63, 3.8) is 0 Å². The van der Waals surface area contributed by atoms with Gasteiger partial charge in [0.05, 0.1) is 12.7 Å². The Morgan fingerprint density at radius 3 is 2.48 bits per heavy atom. The van der Waals surface area contributed by atoms with E-state index < -0.39 is 11.5 Å². The molecule has 0 unspecified atom stereocenters. The molecule has 3 nitrogen and oxygen atoms in total. The highest BCUT2D eigenvalue weighted by Gasteiger charge is 2.27. The van der Waals surface area contributed by atoms with Crippen molar-refractivity contribution in [2.45, 2.75) is 32.9 Å². The Kier molecular flexibility index (Phi) is 4.99. The van der Waals surface area contributed by atoms with Gasteiger partial charge in [-0.25, -0.2) is 0 Å². The van der Waals surface area contributed by atoms with Gasteiger partial charge >= 0.3 is 0 Å². The van der Waals surface area contributed by atoms with E-state index in [-0.39, 0.29) is 12.6 Å². The van der Waals surface area contributed by atoms with Crippen LogP contribution in [0.1, 0.15) is 32.4 Å². The van der Waals surface area contributed by atoms with Crippen LogP contribution in [0.3, 0.4) is 0 Å². The average Bonchev–Trinajstić information content (AvgIpc) is 2.51. The molecule has 0 fully saturated rings. The number of aliphatic hydroxyl groups is 2. The molecule has 0 bridgehead atoms. The molecule has 2 rings (SSSR count). The Bertz CT molecular complexity index is 589. The molecule has 2 aromatic rings. The van der Waals surface area contributed by atoms with Gasteiger partial charge in [0, 0.05) is 18.0 Å². The largest absolute Gasteiger partial charge is 0.396 e. The first-order valence-corrected chi connectivity index (χ1v) is 7.45. The van der Waals surface area contributed by atoms with E-state index >= 15 is 0 Å². The molecular formula is C18H25NO2. The van der Waals surface area contributed by atoms with E-state index in [1.165, 1.54) is 16.3 Å².